The van der Waals surface area contributed by atoms with E-state index in [1.54, 1.807) is 17.0 Å². The van der Waals surface area contributed by atoms with E-state index in [9.17, 15) is 22.8 Å². The molecule has 0 aliphatic carbocycles. The molecular formula is C19H19F3N4O2. The maximum atomic E-state index is 12.8. The van der Waals surface area contributed by atoms with Gasteiger partial charge in [0.2, 0.25) is 0 Å². The van der Waals surface area contributed by atoms with Gasteiger partial charge in [0.25, 0.3) is 0 Å². The van der Waals surface area contributed by atoms with Crippen LogP contribution in [0.1, 0.15) is 5.56 Å². The summed E-state index contributed by atoms with van der Waals surface area (Å²) in [6.45, 7) is 1.23. The van der Waals surface area contributed by atoms with Crippen molar-refractivity contribution in [2.24, 2.45) is 0 Å². The van der Waals surface area contributed by atoms with E-state index in [4.69, 9.17) is 0 Å². The summed E-state index contributed by atoms with van der Waals surface area (Å²) in [5, 5.41) is 5.25. The number of piperazine rings is 1. The fourth-order valence-corrected chi connectivity index (χ4v) is 2.81. The van der Waals surface area contributed by atoms with Crippen LogP contribution in [0.5, 0.6) is 0 Å². The van der Waals surface area contributed by atoms with Crippen molar-refractivity contribution < 1.29 is 22.8 Å². The number of nitrogens with one attached hydrogen (secondary N) is 2. The molecule has 28 heavy (non-hydrogen) atoms. The van der Waals surface area contributed by atoms with E-state index in [0.29, 0.717) is 18.8 Å². The summed E-state index contributed by atoms with van der Waals surface area (Å²) in [6, 6.07) is 12.7. The highest BCUT2D eigenvalue weighted by Gasteiger charge is 2.31. The number of halogens is 3. The predicted octanol–water partition coefficient (Wildman–Crippen LogP) is 4.09. The van der Waals surface area contributed by atoms with E-state index in [-0.39, 0.29) is 24.8 Å². The van der Waals surface area contributed by atoms with Crippen molar-refractivity contribution in [3.8, 4) is 0 Å². The Morgan fingerprint density at radius 3 is 1.79 bits per heavy atom. The zero-order valence-corrected chi connectivity index (χ0v) is 14.9. The van der Waals surface area contributed by atoms with Gasteiger partial charge in [0.15, 0.2) is 0 Å². The molecular weight excluding hydrogens is 373 g/mol. The third kappa shape index (κ3) is 4.93. The Morgan fingerprint density at radius 1 is 0.750 bits per heavy atom. The molecule has 0 saturated carbocycles. The molecule has 4 amide bonds. The van der Waals surface area contributed by atoms with Crippen LogP contribution in [0.4, 0.5) is 34.1 Å². The monoisotopic (exact) mass is 392 g/mol. The van der Waals surface area contributed by atoms with Crippen LogP contribution < -0.4 is 10.6 Å². The Kier molecular flexibility index (Phi) is 5.72. The molecule has 1 fully saturated rings. The topological polar surface area (TPSA) is 64.7 Å². The third-order valence-electron chi connectivity index (χ3n) is 4.32. The Balaban J connectivity index is 1.52. The second-order valence-electron chi connectivity index (χ2n) is 6.28. The lowest BCUT2D eigenvalue weighted by atomic mass is 10.2. The molecule has 148 valence electrons. The molecule has 9 heteroatoms. The zero-order valence-electron chi connectivity index (χ0n) is 14.9. The van der Waals surface area contributed by atoms with Gasteiger partial charge in [-0.15, -0.1) is 0 Å². The van der Waals surface area contributed by atoms with Crippen LogP contribution in [0.3, 0.4) is 0 Å². The Bertz CT molecular complexity index is 835. The first kappa shape index (κ1) is 19.5. The minimum Gasteiger partial charge on any atom is -0.321 e. The lowest BCUT2D eigenvalue weighted by Crippen LogP contribution is -2.52. The quantitative estimate of drug-likeness (QED) is 0.809. The lowest BCUT2D eigenvalue weighted by Gasteiger charge is -2.34. The molecule has 2 aromatic carbocycles. The molecule has 1 saturated heterocycles. The summed E-state index contributed by atoms with van der Waals surface area (Å²) in [5.74, 6) is 0. The molecule has 2 aromatic rings. The van der Waals surface area contributed by atoms with E-state index < -0.39 is 17.8 Å². The van der Waals surface area contributed by atoms with Crippen molar-refractivity contribution in [3.05, 3.63) is 60.2 Å². The van der Waals surface area contributed by atoms with Crippen molar-refractivity contribution in [2.45, 2.75) is 6.18 Å². The average Bonchev–Trinajstić information content (AvgIpc) is 2.68. The number of nitrogens with zero attached hydrogens (tertiary/aromatic N) is 2. The number of urea groups is 2. The molecule has 6 nitrogen and oxygen atoms in total. The normalized spacial score (nSPS) is 14.5. The summed E-state index contributed by atoms with van der Waals surface area (Å²) in [7, 11) is 0. The van der Waals surface area contributed by atoms with E-state index in [2.05, 4.69) is 10.6 Å². The van der Waals surface area contributed by atoms with Gasteiger partial charge >= 0.3 is 18.2 Å². The van der Waals surface area contributed by atoms with Crippen molar-refractivity contribution >= 4 is 23.4 Å². The summed E-state index contributed by atoms with van der Waals surface area (Å²) < 4.78 is 38.3. The van der Waals surface area contributed by atoms with Crippen LogP contribution in [-0.2, 0) is 6.18 Å². The van der Waals surface area contributed by atoms with Crippen molar-refractivity contribution in [1.29, 1.82) is 0 Å². The molecule has 1 aliphatic heterocycles. The largest absolute Gasteiger partial charge is 0.416 e. The van der Waals surface area contributed by atoms with Crippen LogP contribution in [-0.4, -0.2) is 48.0 Å². The molecule has 0 unspecified atom stereocenters. The van der Waals surface area contributed by atoms with Gasteiger partial charge in [-0.2, -0.15) is 13.2 Å². The molecule has 0 aromatic heterocycles. The number of alkyl halides is 3. The molecule has 0 bridgehead atoms. The van der Waals surface area contributed by atoms with Gasteiger partial charge in [-0.05, 0) is 30.3 Å². The molecule has 0 atom stereocenters. The summed E-state index contributed by atoms with van der Waals surface area (Å²) in [5.41, 5.74) is -0.0750. The Hall–Kier alpha value is -3.23. The smallest absolute Gasteiger partial charge is 0.321 e. The maximum absolute atomic E-state index is 12.8. The number of benzene rings is 2. The summed E-state index contributed by atoms with van der Waals surface area (Å²) in [4.78, 5) is 27.6. The van der Waals surface area contributed by atoms with Gasteiger partial charge in [0, 0.05) is 37.6 Å². The predicted molar refractivity (Wildman–Crippen MR) is 99.1 cm³/mol. The fraction of sp³-hybridized carbons (Fsp3) is 0.263. The van der Waals surface area contributed by atoms with Crippen LogP contribution >= 0.6 is 0 Å². The van der Waals surface area contributed by atoms with Gasteiger partial charge < -0.3 is 20.4 Å². The highest BCUT2D eigenvalue weighted by atomic mass is 19.4. The molecule has 2 N–H and O–H groups in total. The number of hydrogen-bond donors (Lipinski definition) is 2. The number of para-hydroxylation sites is 1. The van der Waals surface area contributed by atoms with Crippen molar-refractivity contribution in [2.75, 3.05) is 36.8 Å². The van der Waals surface area contributed by atoms with E-state index in [1.807, 2.05) is 18.2 Å². The minimum atomic E-state index is -4.47. The second kappa shape index (κ2) is 8.20. The Labute approximate surface area is 159 Å². The fourth-order valence-electron chi connectivity index (χ4n) is 2.81. The summed E-state index contributed by atoms with van der Waals surface area (Å²) in [6.07, 6.45) is -4.47. The maximum Gasteiger partial charge on any atom is 0.416 e. The van der Waals surface area contributed by atoms with E-state index >= 15 is 0 Å². The Morgan fingerprint density at radius 2 is 1.25 bits per heavy atom. The number of rotatable bonds is 2. The molecule has 1 aliphatic rings. The average molecular weight is 392 g/mol. The molecule has 3 rings (SSSR count). The first-order valence-corrected chi connectivity index (χ1v) is 8.67. The number of hydrogen-bond acceptors (Lipinski definition) is 2. The van der Waals surface area contributed by atoms with Crippen LogP contribution in [0.15, 0.2) is 54.6 Å². The standard InChI is InChI=1S/C19H19F3N4O2/c20-19(21,22)14-5-4-8-16(13-14)24-18(28)26-11-9-25(10-12-26)17(27)23-15-6-2-1-3-7-15/h1-8,13H,9-12H2,(H,23,27)(H,24,28). The van der Waals surface area contributed by atoms with Gasteiger partial charge in [-0.25, -0.2) is 9.59 Å². The van der Waals surface area contributed by atoms with Gasteiger partial charge in [-0.1, -0.05) is 24.3 Å². The number of amides is 4. The zero-order chi connectivity index (χ0) is 20.1. The summed E-state index contributed by atoms with van der Waals surface area (Å²) >= 11 is 0. The third-order valence-corrected chi connectivity index (χ3v) is 4.32. The van der Waals surface area contributed by atoms with Crippen molar-refractivity contribution in [3.63, 3.8) is 0 Å². The van der Waals surface area contributed by atoms with E-state index in [0.717, 1.165) is 12.1 Å². The number of anilines is 2. The first-order chi connectivity index (χ1) is 13.3. The highest BCUT2D eigenvalue weighted by molar-refractivity contribution is 5.91. The minimum absolute atomic E-state index is 0.0732. The van der Waals surface area contributed by atoms with Crippen molar-refractivity contribution in [1.82, 2.24) is 9.80 Å². The first-order valence-electron chi connectivity index (χ1n) is 8.67. The van der Waals surface area contributed by atoms with Crippen LogP contribution in [0.25, 0.3) is 0 Å². The molecule has 0 radical (unpaired) electrons. The number of carbonyl (C=O) groups excluding carboxylic acids is 2. The van der Waals surface area contributed by atoms with Gasteiger partial charge in [-0.3, -0.25) is 0 Å². The SMILES string of the molecule is O=C(Nc1ccccc1)N1CCN(C(=O)Nc2cccc(C(F)(F)F)c2)CC1. The number of carbonyl (C=O) groups is 2. The van der Waals surface area contributed by atoms with Crippen LogP contribution in [0, 0.1) is 0 Å². The second-order valence-corrected chi connectivity index (χ2v) is 6.28. The van der Waals surface area contributed by atoms with Gasteiger partial charge in [0.05, 0.1) is 5.56 Å². The van der Waals surface area contributed by atoms with E-state index in [1.165, 1.54) is 17.0 Å². The molecule has 0 spiro atoms. The lowest BCUT2D eigenvalue weighted by molar-refractivity contribution is -0.137. The van der Waals surface area contributed by atoms with Crippen LogP contribution in [0.2, 0.25) is 0 Å². The highest BCUT2D eigenvalue weighted by Crippen LogP contribution is 2.30. The van der Waals surface area contributed by atoms with Gasteiger partial charge in [0.1, 0.15) is 0 Å². The molecule has 1 heterocycles.